The minimum atomic E-state index is -0.404. The SMILES string of the molecule is CCCCC(C(=O)OOC=O)C1CCCCC1c1ccccc1. The van der Waals surface area contributed by atoms with Gasteiger partial charge in [0.25, 0.3) is 0 Å². The molecule has 0 spiro atoms. The molecular formula is C19H26O4. The Bertz CT molecular complexity index is 485. The molecule has 4 nitrogen and oxygen atoms in total. The van der Waals surface area contributed by atoms with Gasteiger partial charge in [-0.1, -0.05) is 62.9 Å². The Labute approximate surface area is 138 Å². The molecule has 0 bridgehead atoms. The average molecular weight is 318 g/mol. The molecule has 0 saturated heterocycles. The number of rotatable bonds is 8. The Morgan fingerprint density at radius 1 is 1.26 bits per heavy atom. The summed E-state index contributed by atoms with van der Waals surface area (Å²) in [5.41, 5.74) is 1.29. The van der Waals surface area contributed by atoms with Gasteiger partial charge in [-0.3, -0.25) is 9.68 Å². The van der Waals surface area contributed by atoms with Crippen molar-refractivity contribution in [1.82, 2.24) is 0 Å². The van der Waals surface area contributed by atoms with Crippen molar-refractivity contribution < 1.29 is 19.4 Å². The van der Waals surface area contributed by atoms with Crippen LogP contribution < -0.4 is 0 Å². The van der Waals surface area contributed by atoms with Crippen LogP contribution in [0.15, 0.2) is 30.3 Å². The van der Waals surface area contributed by atoms with Crippen LogP contribution in [0.3, 0.4) is 0 Å². The predicted molar refractivity (Wildman–Crippen MR) is 87.4 cm³/mol. The van der Waals surface area contributed by atoms with E-state index in [1.807, 2.05) is 6.07 Å². The van der Waals surface area contributed by atoms with Gasteiger partial charge in [0.2, 0.25) is 0 Å². The van der Waals surface area contributed by atoms with Crippen LogP contribution in [-0.4, -0.2) is 12.4 Å². The first-order chi connectivity index (χ1) is 11.3. The lowest BCUT2D eigenvalue weighted by molar-refractivity contribution is -0.253. The summed E-state index contributed by atoms with van der Waals surface area (Å²) in [6.45, 7) is 2.27. The van der Waals surface area contributed by atoms with Crippen molar-refractivity contribution in [2.24, 2.45) is 11.8 Å². The van der Waals surface area contributed by atoms with E-state index in [2.05, 4.69) is 41.0 Å². The summed E-state index contributed by atoms with van der Waals surface area (Å²) >= 11 is 0. The highest BCUT2D eigenvalue weighted by atomic mass is 17.2. The molecule has 1 fully saturated rings. The maximum atomic E-state index is 12.4. The van der Waals surface area contributed by atoms with Gasteiger partial charge < -0.3 is 0 Å². The van der Waals surface area contributed by atoms with Gasteiger partial charge in [-0.05, 0) is 36.7 Å². The molecule has 23 heavy (non-hydrogen) atoms. The Balaban J connectivity index is 2.18. The topological polar surface area (TPSA) is 52.6 Å². The predicted octanol–water partition coefficient (Wildman–Crippen LogP) is 4.40. The fourth-order valence-corrected chi connectivity index (χ4v) is 3.81. The van der Waals surface area contributed by atoms with E-state index in [4.69, 9.17) is 0 Å². The molecule has 1 aromatic rings. The van der Waals surface area contributed by atoms with Crippen LogP contribution in [0.5, 0.6) is 0 Å². The number of benzene rings is 1. The van der Waals surface area contributed by atoms with Gasteiger partial charge >= 0.3 is 12.4 Å². The molecule has 0 aliphatic heterocycles. The molecule has 1 aromatic carbocycles. The van der Waals surface area contributed by atoms with Crippen molar-refractivity contribution in [3.63, 3.8) is 0 Å². The summed E-state index contributed by atoms with van der Waals surface area (Å²) < 4.78 is 0. The van der Waals surface area contributed by atoms with Crippen LogP contribution in [0, 0.1) is 11.8 Å². The Morgan fingerprint density at radius 2 is 2.00 bits per heavy atom. The lowest BCUT2D eigenvalue weighted by Gasteiger charge is -2.36. The van der Waals surface area contributed by atoms with Crippen LogP contribution in [0.1, 0.15) is 63.4 Å². The van der Waals surface area contributed by atoms with Crippen molar-refractivity contribution in [2.45, 2.75) is 57.8 Å². The normalized spacial score (nSPS) is 22.1. The third kappa shape index (κ3) is 4.81. The van der Waals surface area contributed by atoms with E-state index >= 15 is 0 Å². The van der Waals surface area contributed by atoms with E-state index < -0.39 is 5.97 Å². The van der Waals surface area contributed by atoms with E-state index in [-0.39, 0.29) is 18.3 Å². The van der Waals surface area contributed by atoms with Gasteiger partial charge in [-0.15, -0.1) is 0 Å². The second-order valence-corrected chi connectivity index (χ2v) is 6.31. The van der Waals surface area contributed by atoms with E-state index in [0.29, 0.717) is 5.92 Å². The van der Waals surface area contributed by atoms with Gasteiger partial charge in [0, 0.05) is 0 Å². The quantitative estimate of drug-likeness (QED) is 0.405. The summed E-state index contributed by atoms with van der Waals surface area (Å²) in [5, 5.41) is 0. The fourth-order valence-electron chi connectivity index (χ4n) is 3.81. The lowest BCUT2D eigenvalue weighted by atomic mass is 9.68. The van der Waals surface area contributed by atoms with Gasteiger partial charge in [-0.25, -0.2) is 9.68 Å². The standard InChI is InChI=1S/C19H26O4/c1-2-3-11-18(19(21)23-22-14-20)17-13-8-7-12-16(17)15-9-5-4-6-10-15/h4-6,9-10,14,16-18H,2-3,7-8,11-13H2,1H3. The zero-order chi connectivity index (χ0) is 16.5. The van der Waals surface area contributed by atoms with Crippen molar-refractivity contribution in [2.75, 3.05) is 0 Å². The highest BCUT2D eigenvalue weighted by Gasteiger charge is 2.37. The molecule has 4 heteroatoms. The molecule has 0 N–H and O–H groups in total. The molecule has 3 atom stereocenters. The number of unbranched alkanes of at least 4 members (excludes halogenated alkanes) is 1. The van der Waals surface area contributed by atoms with Crippen molar-refractivity contribution in [3.05, 3.63) is 35.9 Å². The molecule has 0 radical (unpaired) electrons. The number of hydrogen-bond donors (Lipinski definition) is 0. The summed E-state index contributed by atoms with van der Waals surface area (Å²) in [6, 6.07) is 10.4. The van der Waals surface area contributed by atoms with Crippen LogP contribution in [0.4, 0.5) is 0 Å². The van der Waals surface area contributed by atoms with E-state index in [0.717, 1.165) is 38.5 Å². The molecule has 126 valence electrons. The Hall–Kier alpha value is -1.84. The molecule has 0 aromatic heterocycles. The molecule has 0 amide bonds. The van der Waals surface area contributed by atoms with Gasteiger partial charge in [0.05, 0.1) is 5.92 Å². The summed E-state index contributed by atoms with van der Waals surface area (Å²) in [5.74, 6) is 0.00910. The average Bonchev–Trinajstić information content (AvgIpc) is 2.61. The molecule has 1 saturated carbocycles. The third-order valence-electron chi connectivity index (χ3n) is 4.90. The van der Waals surface area contributed by atoms with Crippen LogP contribution in [0.2, 0.25) is 0 Å². The lowest BCUT2D eigenvalue weighted by Crippen LogP contribution is -2.32. The van der Waals surface area contributed by atoms with Gasteiger partial charge in [0.15, 0.2) is 0 Å². The van der Waals surface area contributed by atoms with E-state index in [9.17, 15) is 9.59 Å². The minimum Gasteiger partial charge on any atom is -0.251 e. The monoisotopic (exact) mass is 318 g/mol. The summed E-state index contributed by atoms with van der Waals surface area (Å²) in [6.07, 6.45) is 7.23. The molecule has 1 aliphatic carbocycles. The Kier molecular flexibility index (Phi) is 7.11. The molecule has 3 unspecified atom stereocenters. The number of carbonyl (C=O) groups is 2. The third-order valence-corrected chi connectivity index (χ3v) is 4.90. The second-order valence-electron chi connectivity index (χ2n) is 6.31. The van der Waals surface area contributed by atoms with Crippen molar-refractivity contribution >= 4 is 12.4 Å². The first kappa shape index (κ1) is 17.5. The smallest absolute Gasteiger partial charge is 0.251 e. The first-order valence-corrected chi connectivity index (χ1v) is 8.63. The maximum Gasteiger partial charge on any atom is 0.358 e. The maximum absolute atomic E-state index is 12.4. The fraction of sp³-hybridized carbons (Fsp3) is 0.579. The first-order valence-electron chi connectivity index (χ1n) is 8.63. The molecule has 2 rings (SSSR count). The largest absolute Gasteiger partial charge is 0.358 e. The second kappa shape index (κ2) is 9.33. The number of carbonyl (C=O) groups excluding carboxylic acids is 2. The zero-order valence-electron chi connectivity index (χ0n) is 13.8. The summed E-state index contributed by atoms with van der Waals surface area (Å²) in [7, 11) is 0. The van der Waals surface area contributed by atoms with Crippen LogP contribution in [-0.2, 0) is 19.4 Å². The molecular weight excluding hydrogens is 292 g/mol. The summed E-state index contributed by atoms with van der Waals surface area (Å²) in [4.78, 5) is 31.6. The highest BCUT2D eigenvalue weighted by molar-refractivity contribution is 5.72. The van der Waals surface area contributed by atoms with Crippen LogP contribution >= 0.6 is 0 Å². The number of hydrogen-bond acceptors (Lipinski definition) is 4. The highest BCUT2D eigenvalue weighted by Crippen LogP contribution is 2.43. The van der Waals surface area contributed by atoms with Gasteiger partial charge in [0.1, 0.15) is 0 Å². The zero-order valence-corrected chi connectivity index (χ0v) is 13.8. The van der Waals surface area contributed by atoms with Gasteiger partial charge in [-0.2, -0.15) is 0 Å². The minimum absolute atomic E-state index is 0.157. The molecule has 0 heterocycles. The Morgan fingerprint density at radius 3 is 2.70 bits per heavy atom. The van der Waals surface area contributed by atoms with Crippen molar-refractivity contribution in [1.29, 1.82) is 0 Å². The van der Waals surface area contributed by atoms with Crippen molar-refractivity contribution in [3.8, 4) is 0 Å². The van der Waals surface area contributed by atoms with Crippen LogP contribution in [0.25, 0.3) is 0 Å². The van der Waals surface area contributed by atoms with E-state index in [1.165, 1.54) is 12.0 Å². The molecule has 1 aliphatic rings. The van der Waals surface area contributed by atoms with E-state index in [1.54, 1.807) is 0 Å².